The van der Waals surface area contributed by atoms with Crippen LogP contribution in [0.25, 0.3) is 11.1 Å². The van der Waals surface area contributed by atoms with Gasteiger partial charge in [-0.2, -0.15) is 0 Å². The molecule has 0 saturated carbocycles. The molecule has 5 aromatic rings. The van der Waals surface area contributed by atoms with Gasteiger partial charge in [-0.3, -0.25) is 19.2 Å². The molecule has 10 nitrogen and oxygen atoms in total. The van der Waals surface area contributed by atoms with Gasteiger partial charge in [0.2, 0.25) is 17.7 Å². The van der Waals surface area contributed by atoms with Gasteiger partial charge in [-0.15, -0.1) is 11.8 Å². The number of hydrogen-bond donors (Lipinski definition) is 4. The fourth-order valence-corrected chi connectivity index (χ4v) is 9.11. The number of hydrogen-bond acceptors (Lipinski definition) is 7. The number of carbonyl (C=O) groups is 5. The van der Waals surface area contributed by atoms with E-state index in [9.17, 15) is 24.0 Å². The van der Waals surface area contributed by atoms with E-state index < -0.39 is 46.2 Å². The molecular weight excluding hydrogens is 773 g/mol. The van der Waals surface area contributed by atoms with Crippen LogP contribution in [0.3, 0.4) is 0 Å². The smallest absolute Gasteiger partial charge is 0.408 e. The Morgan fingerprint density at radius 1 is 0.650 bits per heavy atom. The van der Waals surface area contributed by atoms with Crippen molar-refractivity contribution >= 4 is 41.4 Å². The average Bonchev–Trinajstić information content (AvgIpc) is 3.57. The predicted molar refractivity (Wildman–Crippen MR) is 236 cm³/mol. The fourth-order valence-electron chi connectivity index (χ4n) is 7.56. The Morgan fingerprint density at radius 2 is 1.12 bits per heavy atom. The van der Waals surface area contributed by atoms with E-state index in [0.717, 1.165) is 38.9 Å². The molecule has 4 N–H and O–H groups in total. The topological polar surface area (TPSA) is 143 Å². The highest BCUT2D eigenvalue weighted by Crippen LogP contribution is 2.49. The van der Waals surface area contributed by atoms with Crippen molar-refractivity contribution in [2.75, 3.05) is 18.9 Å². The van der Waals surface area contributed by atoms with Crippen molar-refractivity contribution < 1.29 is 28.7 Å². The van der Waals surface area contributed by atoms with Gasteiger partial charge < -0.3 is 26.0 Å². The van der Waals surface area contributed by atoms with Crippen LogP contribution in [0.15, 0.2) is 140 Å². The molecule has 5 aromatic carbocycles. The normalized spacial score (nSPS) is 13.3. The quantitative estimate of drug-likeness (QED) is 0.0719. The molecule has 1 aliphatic carbocycles. The summed E-state index contributed by atoms with van der Waals surface area (Å²) in [6.07, 6.45) is -0.786. The fraction of sp³-hybridized carbons (Fsp3) is 0.286. The second-order valence-electron chi connectivity index (χ2n) is 15.8. The highest BCUT2D eigenvalue weighted by Gasteiger charge is 2.41. The first-order chi connectivity index (χ1) is 28.8. The SMILES string of the molecule is CC(=O)CNC(=O)[C@H](NC(=O)[C@@H](CSC(c1ccccc1)(c1ccccc1)c1ccccc1)NC(=O)C(C)(C)NC(=O)OCC1c2ccccc2-c2ccccc21)C(C)C. The molecule has 0 heterocycles. The standard InChI is InChI=1S/C49H52N4O6S/c1-32(2)43(45(56)50-29-33(3)54)52-44(55)42(31-60-49(34-19-9-6-10-20-34,35-21-11-7-12-22-35)36-23-13-8-14-24-36)51-46(57)48(4,5)53-47(58)59-30-41-39-27-17-15-25-37(39)38-26-16-18-28-40(38)41/h6-28,32,41-43H,29-31H2,1-5H3,(H,50,56)(H,51,57)(H,52,55)(H,53,58)/t42-,43-/m1/s1. The summed E-state index contributed by atoms with van der Waals surface area (Å²) in [7, 11) is 0. The summed E-state index contributed by atoms with van der Waals surface area (Å²) >= 11 is 1.47. The summed E-state index contributed by atoms with van der Waals surface area (Å²) in [5, 5.41) is 11.1. The van der Waals surface area contributed by atoms with E-state index >= 15 is 0 Å². The Balaban J connectivity index is 1.26. The van der Waals surface area contributed by atoms with Gasteiger partial charge >= 0.3 is 6.09 Å². The maximum atomic E-state index is 14.5. The van der Waals surface area contributed by atoms with E-state index in [0.29, 0.717) is 0 Å². The highest BCUT2D eigenvalue weighted by atomic mass is 32.2. The Labute approximate surface area is 356 Å². The Hall–Kier alpha value is -6.20. The molecule has 0 saturated heterocycles. The molecular formula is C49H52N4O6S. The average molecular weight is 825 g/mol. The second kappa shape index (κ2) is 19.2. The number of ketones is 1. The van der Waals surface area contributed by atoms with Gasteiger partial charge in [-0.25, -0.2) is 4.79 Å². The summed E-state index contributed by atoms with van der Waals surface area (Å²) in [6, 6.07) is 43.7. The summed E-state index contributed by atoms with van der Waals surface area (Å²) < 4.78 is 4.95. The third-order valence-corrected chi connectivity index (χ3v) is 12.4. The zero-order chi connectivity index (χ0) is 42.9. The number of thioether (sulfide) groups is 1. The summed E-state index contributed by atoms with van der Waals surface area (Å²) in [6.45, 7) is 7.89. The third-order valence-electron chi connectivity index (χ3n) is 10.7. The molecule has 1 aliphatic rings. The van der Waals surface area contributed by atoms with E-state index in [-0.39, 0.29) is 36.5 Å². The van der Waals surface area contributed by atoms with Gasteiger partial charge in [0.1, 0.15) is 30.0 Å². The van der Waals surface area contributed by atoms with Gasteiger partial charge in [0.25, 0.3) is 0 Å². The molecule has 310 valence electrons. The molecule has 0 aromatic heterocycles. The van der Waals surface area contributed by atoms with Crippen molar-refractivity contribution in [1.29, 1.82) is 0 Å². The van der Waals surface area contributed by atoms with Gasteiger partial charge in [0.15, 0.2) is 0 Å². The second-order valence-corrected chi connectivity index (χ2v) is 17.1. The number of nitrogens with one attached hydrogen (secondary N) is 4. The summed E-state index contributed by atoms with van der Waals surface area (Å²) in [4.78, 5) is 67.2. The number of benzene rings is 5. The molecule has 0 fully saturated rings. The molecule has 2 atom stereocenters. The first-order valence-corrected chi connectivity index (χ1v) is 21.1. The third kappa shape index (κ3) is 9.80. The lowest BCUT2D eigenvalue weighted by Crippen LogP contribution is -2.61. The van der Waals surface area contributed by atoms with Crippen LogP contribution < -0.4 is 21.3 Å². The van der Waals surface area contributed by atoms with Crippen LogP contribution in [-0.2, 0) is 28.7 Å². The molecule has 60 heavy (non-hydrogen) atoms. The summed E-state index contributed by atoms with van der Waals surface area (Å²) in [5.41, 5.74) is 5.64. The van der Waals surface area contributed by atoms with Crippen molar-refractivity contribution in [3.8, 4) is 11.1 Å². The van der Waals surface area contributed by atoms with E-state index in [4.69, 9.17) is 4.74 Å². The number of alkyl carbamates (subject to hydrolysis) is 1. The van der Waals surface area contributed by atoms with Crippen molar-refractivity contribution in [3.63, 3.8) is 0 Å². The van der Waals surface area contributed by atoms with Crippen LogP contribution in [0.4, 0.5) is 4.79 Å². The lowest BCUT2D eigenvalue weighted by molar-refractivity contribution is -0.134. The number of fused-ring (bicyclic) bond motifs is 3. The molecule has 0 aliphatic heterocycles. The van der Waals surface area contributed by atoms with Crippen LogP contribution in [0.1, 0.15) is 68.4 Å². The molecule has 0 unspecified atom stereocenters. The maximum absolute atomic E-state index is 14.5. The molecule has 0 radical (unpaired) electrons. The van der Waals surface area contributed by atoms with E-state index in [2.05, 4.69) is 33.4 Å². The van der Waals surface area contributed by atoms with Gasteiger partial charge in [0.05, 0.1) is 11.3 Å². The Kier molecular flexibility index (Phi) is 13.9. The number of Topliss-reactive ketones (excluding diaryl/α,β-unsaturated/α-hetero) is 1. The monoisotopic (exact) mass is 824 g/mol. The van der Waals surface area contributed by atoms with E-state index in [1.807, 2.05) is 127 Å². The molecule has 11 heteroatoms. The summed E-state index contributed by atoms with van der Waals surface area (Å²) in [5.74, 6) is -2.47. The van der Waals surface area contributed by atoms with Gasteiger partial charge in [-0.1, -0.05) is 153 Å². The zero-order valence-electron chi connectivity index (χ0n) is 34.6. The minimum Gasteiger partial charge on any atom is -0.449 e. The van der Waals surface area contributed by atoms with Crippen LogP contribution in [0.5, 0.6) is 0 Å². The maximum Gasteiger partial charge on any atom is 0.408 e. The molecule has 0 bridgehead atoms. The largest absolute Gasteiger partial charge is 0.449 e. The van der Waals surface area contributed by atoms with E-state index in [1.165, 1.54) is 18.7 Å². The number of rotatable bonds is 17. The minimum atomic E-state index is -1.53. The first-order valence-electron chi connectivity index (χ1n) is 20.1. The van der Waals surface area contributed by atoms with Gasteiger partial charge in [-0.05, 0) is 65.6 Å². The Bertz CT molecular complexity index is 2160. The minimum absolute atomic E-state index is 0.0527. The van der Waals surface area contributed by atoms with Crippen molar-refractivity contribution in [2.24, 2.45) is 5.92 Å². The van der Waals surface area contributed by atoms with Crippen molar-refractivity contribution in [2.45, 2.75) is 62.9 Å². The Morgan fingerprint density at radius 3 is 1.58 bits per heavy atom. The lowest BCUT2D eigenvalue weighted by atomic mass is 9.84. The number of amides is 4. The highest BCUT2D eigenvalue weighted by molar-refractivity contribution is 8.00. The first kappa shape index (κ1) is 43.4. The van der Waals surface area contributed by atoms with Crippen LogP contribution >= 0.6 is 11.8 Å². The van der Waals surface area contributed by atoms with E-state index in [1.54, 1.807) is 27.7 Å². The molecule has 6 rings (SSSR count). The van der Waals surface area contributed by atoms with Gasteiger partial charge in [0, 0.05) is 11.7 Å². The molecule has 4 amide bonds. The van der Waals surface area contributed by atoms with Crippen molar-refractivity contribution in [3.05, 3.63) is 167 Å². The van der Waals surface area contributed by atoms with Crippen LogP contribution in [0, 0.1) is 5.92 Å². The van der Waals surface area contributed by atoms with Crippen LogP contribution in [-0.4, -0.2) is 66.1 Å². The van der Waals surface area contributed by atoms with Crippen LogP contribution in [0.2, 0.25) is 0 Å². The zero-order valence-corrected chi connectivity index (χ0v) is 35.4. The number of ether oxygens (including phenoxy) is 1. The predicted octanol–water partition coefficient (Wildman–Crippen LogP) is 7.36. The number of carbonyl (C=O) groups excluding carboxylic acids is 5. The molecule has 0 spiro atoms. The lowest BCUT2D eigenvalue weighted by Gasteiger charge is -2.37. The van der Waals surface area contributed by atoms with Crippen molar-refractivity contribution in [1.82, 2.24) is 21.3 Å².